The molecule has 0 spiro atoms. The molecule has 0 aromatic heterocycles. The van der Waals surface area contributed by atoms with Gasteiger partial charge in [-0.1, -0.05) is 0 Å². The molecule has 1 heterocycles. The number of hydrogen-bond donors (Lipinski definition) is 4. The minimum Gasteiger partial charge on any atom is -0.506 e. The van der Waals surface area contributed by atoms with Gasteiger partial charge in [-0.15, -0.1) is 0 Å². The fourth-order valence-electron chi connectivity index (χ4n) is 1.60. The number of nitrogens with zero attached hydrogens (tertiary/aromatic N) is 1. The van der Waals surface area contributed by atoms with Crippen LogP contribution in [0.4, 0.5) is 5.69 Å². The lowest BCUT2D eigenvalue weighted by atomic mass is 10.1. The summed E-state index contributed by atoms with van der Waals surface area (Å²) in [6.45, 7) is 0. The van der Waals surface area contributed by atoms with E-state index in [1.165, 1.54) is 12.1 Å². The van der Waals surface area contributed by atoms with E-state index in [4.69, 9.17) is 5.11 Å². The Morgan fingerprint density at radius 2 is 2.05 bits per heavy atom. The van der Waals surface area contributed by atoms with Gasteiger partial charge in [-0.3, -0.25) is 9.59 Å². The number of hydrogen-bond acceptors (Lipinski definition) is 5. The molecule has 20 heavy (non-hydrogen) atoms. The largest absolute Gasteiger partial charge is 0.506 e. The average molecular weight is 277 g/mol. The topological polar surface area (TPSA) is 128 Å². The average Bonchev–Trinajstić information content (AvgIpc) is 2.41. The van der Waals surface area contributed by atoms with Crippen molar-refractivity contribution in [3.05, 3.63) is 23.8 Å². The van der Waals surface area contributed by atoms with Crippen LogP contribution in [0.15, 0.2) is 23.3 Å². The van der Waals surface area contributed by atoms with Crippen molar-refractivity contribution in [2.45, 2.75) is 12.8 Å². The number of phenols is 1. The number of benzene rings is 1. The Hall–Kier alpha value is -2.90. The number of carbonyl (C=O) groups excluding carboxylic acids is 2. The van der Waals surface area contributed by atoms with Crippen molar-refractivity contribution in [2.75, 3.05) is 5.32 Å². The number of rotatable bonds is 3. The molecule has 0 radical (unpaired) electrons. The minimum absolute atomic E-state index is 0.0691. The van der Waals surface area contributed by atoms with E-state index in [9.17, 15) is 19.5 Å². The molecule has 2 amide bonds. The molecule has 1 aromatic carbocycles. The summed E-state index contributed by atoms with van der Waals surface area (Å²) in [5, 5.41) is 24.4. The number of anilines is 1. The molecule has 1 aliphatic rings. The molecule has 0 saturated carbocycles. The quantitative estimate of drug-likeness (QED) is 0.590. The third kappa shape index (κ3) is 2.91. The van der Waals surface area contributed by atoms with Crippen molar-refractivity contribution in [2.24, 2.45) is 5.10 Å². The highest BCUT2D eigenvalue weighted by atomic mass is 16.4. The molecule has 8 heteroatoms. The Balaban J connectivity index is 2.12. The van der Waals surface area contributed by atoms with E-state index >= 15 is 0 Å². The van der Waals surface area contributed by atoms with Crippen LogP contribution in [-0.4, -0.2) is 33.7 Å². The lowest BCUT2D eigenvalue weighted by molar-refractivity contribution is -0.121. The molecule has 1 aromatic rings. The Bertz CT molecular complexity index is 624. The molecule has 0 fully saturated rings. The molecule has 104 valence electrons. The fraction of sp³-hybridized carbons (Fsp3) is 0.167. The SMILES string of the molecule is O=C1CCC(C(=O)Nc2ccc(C(=O)O)cc2O)=NN1. The number of phenolic OH excluding ortho intramolecular Hbond substituents is 1. The van der Waals surface area contributed by atoms with E-state index < -0.39 is 11.9 Å². The number of amides is 2. The molecule has 8 nitrogen and oxygen atoms in total. The van der Waals surface area contributed by atoms with Gasteiger partial charge in [0.1, 0.15) is 11.5 Å². The van der Waals surface area contributed by atoms with Crippen LogP contribution < -0.4 is 10.7 Å². The van der Waals surface area contributed by atoms with Crippen molar-refractivity contribution >= 4 is 29.2 Å². The highest BCUT2D eigenvalue weighted by Gasteiger charge is 2.19. The number of aromatic hydroxyl groups is 1. The Labute approximate surface area is 113 Å². The summed E-state index contributed by atoms with van der Waals surface area (Å²) in [6, 6.07) is 3.56. The summed E-state index contributed by atoms with van der Waals surface area (Å²) < 4.78 is 0. The second-order valence-electron chi connectivity index (χ2n) is 4.08. The van der Waals surface area contributed by atoms with Gasteiger partial charge in [-0.2, -0.15) is 5.10 Å². The van der Waals surface area contributed by atoms with Gasteiger partial charge >= 0.3 is 5.97 Å². The number of carboxylic acids is 1. The molecule has 0 saturated heterocycles. The van der Waals surface area contributed by atoms with Crippen LogP contribution in [0.2, 0.25) is 0 Å². The van der Waals surface area contributed by atoms with Crippen molar-refractivity contribution in [3.63, 3.8) is 0 Å². The predicted molar refractivity (Wildman–Crippen MR) is 68.5 cm³/mol. The van der Waals surface area contributed by atoms with Crippen LogP contribution >= 0.6 is 0 Å². The number of hydrazone groups is 1. The summed E-state index contributed by atoms with van der Waals surface area (Å²) in [6.07, 6.45) is 0.363. The Morgan fingerprint density at radius 1 is 1.30 bits per heavy atom. The zero-order chi connectivity index (χ0) is 14.7. The summed E-state index contributed by atoms with van der Waals surface area (Å²) in [5.41, 5.74) is 2.29. The third-order valence-electron chi connectivity index (χ3n) is 2.66. The van der Waals surface area contributed by atoms with E-state index in [1.54, 1.807) is 0 Å². The summed E-state index contributed by atoms with van der Waals surface area (Å²) >= 11 is 0. The number of nitrogens with one attached hydrogen (secondary N) is 2. The zero-order valence-electron chi connectivity index (χ0n) is 10.2. The van der Waals surface area contributed by atoms with Gasteiger partial charge in [0.2, 0.25) is 5.91 Å². The molecule has 0 aliphatic carbocycles. The number of carboxylic acid groups (broad SMARTS) is 1. The van der Waals surface area contributed by atoms with Gasteiger partial charge in [-0.25, -0.2) is 10.2 Å². The second kappa shape index (κ2) is 5.39. The van der Waals surface area contributed by atoms with E-state index in [1.807, 2.05) is 0 Å². The molecule has 2 rings (SSSR count). The van der Waals surface area contributed by atoms with Gasteiger partial charge in [0.05, 0.1) is 11.3 Å². The van der Waals surface area contributed by atoms with Crippen LogP contribution in [0.3, 0.4) is 0 Å². The van der Waals surface area contributed by atoms with Crippen LogP contribution in [0.25, 0.3) is 0 Å². The zero-order valence-corrected chi connectivity index (χ0v) is 10.2. The maximum absolute atomic E-state index is 11.8. The van der Waals surface area contributed by atoms with Crippen LogP contribution in [0.1, 0.15) is 23.2 Å². The molecular weight excluding hydrogens is 266 g/mol. The number of aromatic carboxylic acids is 1. The smallest absolute Gasteiger partial charge is 0.335 e. The second-order valence-corrected chi connectivity index (χ2v) is 4.08. The monoisotopic (exact) mass is 277 g/mol. The van der Waals surface area contributed by atoms with Crippen molar-refractivity contribution < 1.29 is 24.6 Å². The summed E-state index contributed by atoms with van der Waals surface area (Å²) in [5.74, 6) is -2.38. The van der Waals surface area contributed by atoms with Gasteiger partial charge in [0.15, 0.2) is 0 Å². The fourth-order valence-corrected chi connectivity index (χ4v) is 1.60. The van der Waals surface area contributed by atoms with E-state index in [-0.39, 0.29) is 41.5 Å². The van der Waals surface area contributed by atoms with E-state index in [0.29, 0.717) is 0 Å². The first-order chi connectivity index (χ1) is 9.47. The Morgan fingerprint density at radius 3 is 2.60 bits per heavy atom. The lowest BCUT2D eigenvalue weighted by Gasteiger charge is -2.12. The molecular formula is C12H11N3O5. The number of carbonyl (C=O) groups is 3. The first-order valence-corrected chi connectivity index (χ1v) is 5.70. The molecule has 1 aliphatic heterocycles. The summed E-state index contributed by atoms with van der Waals surface area (Å²) in [4.78, 5) is 33.4. The van der Waals surface area contributed by atoms with E-state index in [2.05, 4.69) is 15.8 Å². The predicted octanol–water partition coefficient (Wildman–Crippen LogP) is 0.295. The Kier molecular flexibility index (Phi) is 3.65. The maximum atomic E-state index is 11.8. The summed E-state index contributed by atoms with van der Waals surface area (Å²) in [7, 11) is 0. The molecule has 4 N–H and O–H groups in total. The van der Waals surface area contributed by atoms with Crippen molar-refractivity contribution in [1.29, 1.82) is 0 Å². The first kappa shape index (κ1) is 13.5. The lowest BCUT2D eigenvalue weighted by Crippen LogP contribution is -2.32. The van der Waals surface area contributed by atoms with Gasteiger partial charge < -0.3 is 15.5 Å². The van der Waals surface area contributed by atoms with Crippen molar-refractivity contribution in [1.82, 2.24) is 5.43 Å². The molecule has 0 bridgehead atoms. The van der Waals surface area contributed by atoms with Gasteiger partial charge in [0.25, 0.3) is 5.91 Å². The van der Waals surface area contributed by atoms with Crippen LogP contribution in [0.5, 0.6) is 5.75 Å². The molecule has 0 unspecified atom stereocenters. The first-order valence-electron chi connectivity index (χ1n) is 5.70. The highest BCUT2D eigenvalue weighted by molar-refractivity contribution is 6.43. The van der Waals surface area contributed by atoms with Crippen LogP contribution in [0, 0.1) is 0 Å². The third-order valence-corrected chi connectivity index (χ3v) is 2.66. The normalized spacial score (nSPS) is 14.2. The van der Waals surface area contributed by atoms with Gasteiger partial charge in [0, 0.05) is 12.8 Å². The molecule has 0 atom stereocenters. The van der Waals surface area contributed by atoms with Crippen LogP contribution in [-0.2, 0) is 9.59 Å². The maximum Gasteiger partial charge on any atom is 0.335 e. The van der Waals surface area contributed by atoms with Crippen molar-refractivity contribution in [3.8, 4) is 5.75 Å². The van der Waals surface area contributed by atoms with Gasteiger partial charge in [-0.05, 0) is 18.2 Å². The standard InChI is InChI=1S/C12H11N3O5/c16-9-5-6(12(19)20)1-2-7(9)13-11(18)8-3-4-10(17)15-14-8/h1-2,5,16H,3-4H2,(H,13,18)(H,15,17)(H,19,20). The minimum atomic E-state index is -1.18. The highest BCUT2D eigenvalue weighted by Crippen LogP contribution is 2.24. The van der Waals surface area contributed by atoms with E-state index in [0.717, 1.165) is 6.07 Å².